The highest BCUT2D eigenvalue weighted by atomic mass is 19.4. The fourth-order valence-electron chi connectivity index (χ4n) is 3.53. The number of nitrogens with zero attached hydrogens (tertiary/aromatic N) is 2. The van der Waals surface area contributed by atoms with Gasteiger partial charge in [0.05, 0.1) is 17.3 Å². The van der Waals surface area contributed by atoms with Crippen LogP contribution in [-0.2, 0) is 4.74 Å². The molecular weight excluding hydrogens is 403 g/mol. The molecule has 2 heterocycles. The Kier molecular flexibility index (Phi) is 5.40. The maximum absolute atomic E-state index is 14.0. The first-order valence-electron chi connectivity index (χ1n) is 9.39. The van der Waals surface area contributed by atoms with E-state index in [9.17, 15) is 22.0 Å². The van der Waals surface area contributed by atoms with Crippen LogP contribution < -0.4 is 0 Å². The van der Waals surface area contributed by atoms with E-state index in [-0.39, 0.29) is 17.5 Å². The van der Waals surface area contributed by atoms with Gasteiger partial charge < -0.3 is 4.74 Å². The van der Waals surface area contributed by atoms with Crippen LogP contribution in [0, 0.1) is 11.6 Å². The fourth-order valence-corrected chi connectivity index (χ4v) is 3.53. The molecule has 0 spiro atoms. The standard InChI is InChI=1S/C22H17F5N2O/c23-15-2-1-3-16(24)21(15)19-9-8-17(28-19)13-4-6-14(7-5-13)18-10-11-20(29-18)30-12-22(25,26)27/h1-7,11,17H,8-10,12H2. The van der Waals surface area contributed by atoms with Gasteiger partial charge in [-0.25, -0.2) is 13.8 Å². The summed E-state index contributed by atoms with van der Waals surface area (Å²) in [5.41, 5.74) is 2.61. The predicted molar refractivity (Wildman–Crippen MR) is 103 cm³/mol. The molecule has 3 nitrogen and oxygen atoms in total. The van der Waals surface area contributed by atoms with Gasteiger partial charge in [0.1, 0.15) is 11.6 Å². The second-order valence-corrected chi connectivity index (χ2v) is 7.06. The first-order valence-corrected chi connectivity index (χ1v) is 9.39. The van der Waals surface area contributed by atoms with Crippen molar-refractivity contribution < 1.29 is 26.7 Å². The summed E-state index contributed by atoms with van der Waals surface area (Å²) < 4.78 is 69.4. The topological polar surface area (TPSA) is 34.0 Å². The molecule has 1 atom stereocenters. The quantitative estimate of drug-likeness (QED) is 0.555. The van der Waals surface area contributed by atoms with Crippen LogP contribution in [0.2, 0.25) is 0 Å². The largest absolute Gasteiger partial charge is 0.468 e. The maximum Gasteiger partial charge on any atom is 0.422 e. The van der Waals surface area contributed by atoms with Gasteiger partial charge in [0.25, 0.3) is 0 Å². The number of rotatable bonds is 5. The SMILES string of the molecule is Fc1cccc(F)c1C1=NC(c2ccc(C3=NC(OCC(F)(F)F)=CC3)cc2)CC1. The predicted octanol–water partition coefficient (Wildman–Crippen LogP) is 5.90. The molecule has 0 fully saturated rings. The van der Waals surface area contributed by atoms with Crippen molar-refractivity contribution in [2.24, 2.45) is 9.98 Å². The van der Waals surface area contributed by atoms with Crippen molar-refractivity contribution in [3.8, 4) is 0 Å². The van der Waals surface area contributed by atoms with Crippen molar-refractivity contribution in [3.63, 3.8) is 0 Å². The van der Waals surface area contributed by atoms with Crippen molar-refractivity contribution in [2.45, 2.75) is 31.5 Å². The third kappa shape index (κ3) is 4.42. The lowest BCUT2D eigenvalue weighted by molar-refractivity contribution is -0.164. The third-order valence-corrected chi connectivity index (χ3v) is 4.95. The number of hydrogen-bond donors (Lipinski definition) is 0. The van der Waals surface area contributed by atoms with Gasteiger partial charge in [-0.15, -0.1) is 0 Å². The lowest BCUT2D eigenvalue weighted by Gasteiger charge is -2.09. The molecule has 1 unspecified atom stereocenters. The van der Waals surface area contributed by atoms with E-state index in [1.165, 1.54) is 24.3 Å². The molecule has 2 aromatic rings. The van der Waals surface area contributed by atoms with Gasteiger partial charge in [-0.1, -0.05) is 30.3 Å². The number of aliphatic imine (C=N–C) groups is 2. The molecular formula is C22H17F5N2O. The number of hydrogen-bond acceptors (Lipinski definition) is 3. The average molecular weight is 420 g/mol. The zero-order valence-corrected chi connectivity index (χ0v) is 15.7. The van der Waals surface area contributed by atoms with Crippen LogP contribution in [0.1, 0.15) is 42.0 Å². The van der Waals surface area contributed by atoms with Crippen LogP contribution in [0.15, 0.2) is 64.4 Å². The summed E-state index contributed by atoms with van der Waals surface area (Å²) in [5.74, 6) is -1.29. The Hall–Kier alpha value is -3.03. The minimum atomic E-state index is -4.41. The Morgan fingerprint density at radius 2 is 1.67 bits per heavy atom. The summed E-state index contributed by atoms with van der Waals surface area (Å²) in [6, 6.07) is 10.9. The number of allylic oxidation sites excluding steroid dienone is 1. The number of alkyl halides is 3. The minimum Gasteiger partial charge on any atom is -0.468 e. The molecule has 2 aliphatic heterocycles. The van der Waals surface area contributed by atoms with Crippen molar-refractivity contribution in [3.05, 3.63) is 82.7 Å². The Bertz CT molecular complexity index is 1020. The lowest BCUT2D eigenvalue weighted by Crippen LogP contribution is -2.16. The average Bonchev–Trinajstić information content (AvgIpc) is 3.36. The molecule has 0 radical (unpaired) electrons. The van der Waals surface area contributed by atoms with Crippen molar-refractivity contribution in [1.82, 2.24) is 0 Å². The summed E-state index contributed by atoms with van der Waals surface area (Å²) in [5, 5.41) is 0. The van der Waals surface area contributed by atoms with Gasteiger partial charge in [0, 0.05) is 12.1 Å². The summed E-state index contributed by atoms with van der Waals surface area (Å²) in [7, 11) is 0. The molecule has 0 bridgehead atoms. The highest BCUT2D eigenvalue weighted by Gasteiger charge is 2.29. The van der Waals surface area contributed by atoms with Gasteiger partial charge >= 0.3 is 6.18 Å². The number of benzene rings is 2. The van der Waals surface area contributed by atoms with E-state index in [1.807, 2.05) is 24.3 Å². The van der Waals surface area contributed by atoms with Gasteiger partial charge in [0.15, 0.2) is 6.61 Å². The first-order chi connectivity index (χ1) is 14.3. The summed E-state index contributed by atoms with van der Waals surface area (Å²) in [4.78, 5) is 8.61. The second-order valence-electron chi connectivity index (χ2n) is 7.06. The summed E-state index contributed by atoms with van der Waals surface area (Å²) in [6.07, 6.45) is -1.41. The van der Waals surface area contributed by atoms with E-state index in [0.717, 1.165) is 11.1 Å². The summed E-state index contributed by atoms with van der Waals surface area (Å²) in [6.45, 7) is -1.38. The molecule has 0 saturated carbocycles. The Morgan fingerprint density at radius 3 is 2.33 bits per heavy atom. The van der Waals surface area contributed by atoms with E-state index in [0.29, 0.717) is 30.7 Å². The van der Waals surface area contributed by atoms with E-state index in [4.69, 9.17) is 0 Å². The zero-order chi connectivity index (χ0) is 21.3. The van der Waals surface area contributed by atoms with E-state index >= 15 is 0 Å². The maximum atomic E-state index is 14.0. The molecule has 0 amide bonds. The van der Waals surface area contributed by atoms with Crippen LogP contribution in [-0.4, -0.2) is 24.2 Å². The molecule has 2 aromatic carbocycles. The van der Waals surface area contributed by atoms with Crippen molar-refractivity contribution in [2.75, 3.05) is 6.61 Å². The Balaban J connectivity index is 1.45. The number of ether oxygens (including phenoxy) is 1. The van der Waals surface area contributed by atoms with Crippen LogP contribution in [0.5, 0.6) is 0 Å². The van der Waals surface area contributed by atoms with Gasteiger partial charge in [-0.2, -0.15) is 13.2 Å². The van der Waals surface area contributed by atoms with Crippen LogP contribution in [0.25, 0.3) is 0 Å². The fraction of sp³-hybridized carbons (Fsp3) is 0.273. The Labute approximate surface area is 169 Å². The van der Waals surface area contributed by atoms with Crippen molar-refractivity contribution in [1.29, 1.82) is 0 Å². The van der Waals surface area contributed by atoms with Crippen LogP contribution in [0.3, 0.4) is 0 Å². The first kappa shape index (κ1) is 20.3. The van der Waals surface area contributed by atoms with Gasteiger partial charge in [0.2, 0.25) is 5.88 Å². The van der Waals surface area contributed by atoms with Crippen molar-refractivity contribution >= 4 is 11.4 Å². The highest BCUT2D eigenvalue weighted by molar-refractivity contribution is 6.03. The second kappa shape index (κ2) is 8.01. The van der Waals surface area contributed by atoms with Gasteiger partial charge in [-0.05, 0) is 42.2 Å². The molecule has 0 aliphatic carbocycles. The molecule has 0 aromatic heterocycles. The van der Waals surface area contributed by atoms with E-state index < -0.39 is 24.4 Å². The Morgan fingerprint density at radius 1 is 0.967 bits per heavy atom. The number of halogens is 5. The molecule has 2 aliphatic rings. The molecule has 30 heavy (non-hydrogen) atoms. The zero-order valence-electron chi connectivity index (χ0n) is 15.7. The third-order valence-electron chi connectivity index (χ3n) is 4.95. The molecule has 4 rings (SSSR count). The van der Waals surface area contributed by atoms with Crippen LogP contribution >= 0.6 is 0 Å². The molecule has 0 N–H and O–H groups in total. The lowest BCUT2D eigenvalue weighted by atomic mass is 10.00. The smallest absolute Gasteiger partial charge is 0.422 e. The summed E-state index contributed by atoms with van der Waals surface area (Å²) >= 11 is 0. The van der Waals surface area contributed by atoms with Crippen LogP contribution in [0.4, 0.5) is 22.0 Å². The van der Waals surface area contributed by atoms with Gasteiger partial charge in [-0.3, -0.25) is 4.99 Å². The molecule has 0 saturated heterocycles. The van der Waals surface area contributed by atoms with E-state index in [2.05, 4.69) is 14.7 Å². The normalized spacial score (nSPS) is 18.8. The molecule has 156 valence electrons. The molecule has 8 heteroatoms. The monoisotopic (exact) mass is 420 g/mol. The highest BCUT2D eigenvalue weighted by Crippen LogP contribution is 2.33. The van der Waals surface area contributed by atoms with E-state index in [1.54, 1.807) is 0 Å². The minimum absolute atomic E-state index is 0.0386.